The van der Waals surface area contributed by atoms with Gasteiger partial charge >= 0.3 is 0 Å². The Morgan fingerprint density at radius 1 is 1.39 bits per heavy atom. The van der Waals surface area contributed by atoms with Crippen molar-refractivity contribution >= 4 is 0 Å². The number of hydrogen-bond donors (Lipinski definition) is 2. The van der Waals surface area contributed by atoms with Gasteiger partial charge in [0.05, 0.1) is 13.2 Å². The summed E-state index contributed by atoms with van der Waals surface area (Å²) in [5, 5.41) is 12.4. The summed E-state index contributed by atoms with van der Waals surface area (Å²) < 4.78 is 31.1. The molecule has 5 heteroatoms. The lowest BCUT2D eigenvalue weighted by Gasteiger charge is -2.16. The lowest BCUT2D eigenvalue weighted by molar-refractivity contribution is 0.205. The van der Waals surface area contributed by atoms with Gasteiger partial charge in [0.2, 0.25) is 0 Å². The molecule has 0 amide bonds. The third kappa shape index (κ3) is 3.92. The van der Waals surface area contributed by atoms with E-state index in [4.69, 9.17) is 9.84 Å². The zero-order valence-electron chi connectivity index (χ0n) is 10.0. The molecule has 2 rings (SSSR count). The summed E-state index contributed by atoms with van der Waals surface area (Å²) in [6.45, 7) is 0.319. The van der Waals surface area contributed by atoms with Crippen molar-refractivity contribution < 1.29 is 18.6 Å². The van der Waals surface area contributed by atoms with Crippen molar-refractivity contribution in [2.75, 3.05) is 13.2 Å². The van der Waals surface area contributed by atoms with Gasteiger partial charge in [-0.25, -0.2) is 8.78 Å². The summed E-state index contributed by atoms with van der Waals surface area (Å²) in [6.07, 6.45) is 2.87. The highest BCUT2D eigenvalue weighted by Crippen LogP contribution is 2.20. The standard InChI is InChI=1S/C13H17F2NO2/c14-9-1-4-13(12(15)7-9)18-6-5-11(8-17)16-10-2-3-10/h1,4,7,10-11,16-17H,2-3,5-6,8H2. The Morgan fingerprint density at radius 3 is 2.78 bits per heavy atom. The second-order valence-corrected chi connectivity index (χ2v) is 4.53. The average Bonchev–Trinajstić information content (AvgIpc) is 3.14. The highest BCUT2D eigenvalue weighted by atomic mass is 19.1. The molecule has 0 aromatic heterocycles. The Labute approximate surface area is 105 Å². The van der Waals surface area contributed by atoms with Gasteiger partial charge in [-0.15, -0.1) is 0 Å². The lowest BCUT2D eigenvalue weighted by Crippen LogP contribution is -2.35. The highest BCUT2D eigenvalue weighted by molar-refractivity contribution is 5.24. The number of hydrogen-bond acceptors (Lipinski definition) is 3. The van der Waals surface area contributed by atoms with Crippen molar-refractivity contribution in [3.05, 3.63) is 29.8 Å². The number of halogens is 2. The first-order valence-electron chi connectivity index (χ1n) is 6.14. The number of aliphatic hydroxyl groups excluding tert-OH is 1. The van der Waals surface area contributed by atoms with Crippen molar-refractivity contribution in [3.63, 3.8) is 0 Å². The maximum Gasteiger partial charge on any atom is 0.167 e. The van der Waals surface area contributed by atoms with E-state index in [1.165, 1.54) is 6.07 Å². The third-order valence-corrected chi connectivity index (χ3v) is 2.89. The first kappa shape index (κ1) is 13.2. The summed E-state index contributed by atoms with van der Waals surface area (Å²) in [7, 11) is 0. The first-order chi connectivity index (χ1) is 8.69. The molecule has 0 aliphatic heterocycles. The molecule has 1 aliphatic carbocycles. The minimum absolute atomic E-state index is 0.0268. The molecular weight excluding hydrogens is 240 g/mol. The SMILES string of the molecule is OCC(CCOc1ccc(F)cc1F)NC1CC1. The fourth-order valence-corrected chi connectivity index (χ4v) is 1.71. The second-order valence-electron chi connectivity index (χ2n) is 4.53. The van der Waals surface area contributed by atoms with E-state index < -0.39 is 11.6 Å². The molecule has 0 radical (unpaired) electrons. The van der Waals surface area contributed by atoms with Crippen LogP contribution in [0.4, 0.5) is 8.78 Å². The van der Waals surface area contributed by atoms with E-state index in [1.807, 2.05) is 0 Å². The summed E-state index contributed by atoms with van der Waals surface area (Å²) >= 11 is 0. The van der Waals surface area contributed by atoms with Crippen LogP contribution in [0.2, 0.25) is 0 Å². The maximum atomic E-state index is 13.2. The summed E-state index contributed by atoms with van der Waals surface area (Å²) in [5.74, 6) is -1.28. The minimum atomic E-state index is -0.703. The number of nitrogens with one attached hydrogen (secondary N) is 1. The number of ether oxygens (including phenoxy) is 1. The van der Waals surface area contributed by atoms with E-state index in [1.54, 1.807) is 0 Å². The largest absolute Gasteiger partial charge is 0.490 e. The molecule has 1 aliphatic rings. The lowest BCUT2D eigenvalue weighted by atomic mass is 10.2. The molecule has 18 heavy (non-hydrogen) atoms. The molecule has 1 atom stereocenters. The normalized spacial score (nSPS) is 16.6. The fraction of sp³-hybridized carbons (Fsp3) is 0.538. The zero-order chi connectivity index (χ0) is 13.0. The quantitative estimate of drug-likeness (QED) is 0.783. The van der Waals surface area contributed by atoms with Crippen molar-refractivity contribution in [2.24, 2.45) is 0 Å². The van der Waals surface area contributed by atoms with Crippen LogP contribution < -0.4 is 10.1 Å². The van der Waals surface area contributed by atoms with Crippen molar-refractivity contribution in [2.45, 2.75) is 31.3 Å². The van der Waals surface area contributed by atoms with Crippen molar-refractivity contribution in [1.29, 1.82) is 0 Å². The zero-order valence-corrected chi connectivity index (χ0v) is 10.0. The second kappa shape index (κ2) is 6.11. The molecule has 0 bridgehead atoms. The van der Waals surface area contributed by atoms with Crippen LogP contribution in [0.1, 0.15) is 19.3 Å². The molecular formula is C13H17F2NO2. The van der Waals surface area contributed by atoms with Gasteiger partial charge in [0.1, 0.15) is 5.82 Å². The predicted octanol–water partition coefficient (Wildman–Crippen LogP) is 1.85. The molecule has 1 saturated carbocycles. The van der Waals surface area contributed by atoms with Crippen molar-refractivity contribution in [1.82, 2.24) is 5.32 Å². The van der Waals surface area contributed by atoms with Crippen LogP contribution in [0, 0.1) is 11.6 Å². The van der Waals surface area contributed by atoms with Gasteiger partial charge in [0.25, 0.3) is 0 Å². The van der Waals surface area contributed by atoms with Crippen LogP contribution in [0.25, 0.3) is 0 Å². The Hall–Kier alpha value is -1.20. The van der Waals surface area contributed by atoms with E-state index >= 15 is 0 Å². The van der Waals surface area contributed by atoms with Crippen molar-refractivity contribution in [3.8, 4) is 5.75 Å². The van der Waals surface area contributed by atoms with Crippen LogP contribution >= 0.6 is 0 Å². The van der Waals surface area contributed by atoms with Crippen LogP contribution in [0.3, 0.4) is 0 Å². The summed E-state index contributed by atoms with van der Waals surface area (Å²) in [5.41, 5.74) is 0. The third-order valence-electron chi connectivity index (χ3n) is 2.89. The van der Waals surface area contributed by atoms with Crippen LogP contribution in [-0.2, 0) is 0 Å². The molecule has 0 heterocycles. The van der Waals surface area contributed by atoms with Gasteiger partial charge in [-0.1, -0.05) is 0 Å². The van der Waals surface area contributed by atoms with E-state index in [2.05, 4.69) is 5.32 Å². The summed E-state index contributed by atoms with van der Waals surface area (Å²) in [6, 6.07) is 3.70. The van der Waals surface area contributed by atoms with Crippen LogP contribution in [0.15, 0.2) is 18.2 Å². The molecule has 2 N–H and O–H groups in total. The maximum absolute atomic E-state index is 13.2. The molecule has 100 valence electrons. The number of rotatable bonds is 7. The van der Waals surface area contributed by atoms with Crippen LogP contribution in [-0.4, -0.2) is 30.4 Å². The number of aliphatic hydroxyl groups is 1. The van der Waals surface area contributed by atoms with Gasteiger partial charge in [-0.2, -0.15) is 0 Å². The van der Waals surface area contributed by atoms with Gasteiger partial charge in [0.15, 0.2) is 11.6 Å². The molecule has 0 spiro atoms. The Balaban J connectivity index is 1.76. The Kier molecular flexibility index (Phi) is 4.49. The predicted molar refractivity (Wildman–Crippen MR) is 63.5 cm³/mol. The van der Waals surface area contributed by atoms with Gasteiger partial charge in [0, 0.05) is 18.2 Å². The molecule has 1 aromatic rings. The van der Waals surface area contributed by atoms with E-state index in [-0.39, 0.29) is 25.0 Å². The molecule has 1 fully saturated rings. The molecule has 1 unspecified atom stereocenters. The highest BCUT2D eigenvalue weighted by Gasteiger charge is 2.24. The minimum Gasteiger partial charge on any atom is -0.490 e. The van der Waals surface area contributed by atoms with Gasteiger partial charge in [-0.05, 0) is 31.4 Å². The number of benzene rings is 1. The van der Waals surface area contributed by atoms with Crippen LogP contribution in [0.5, 0.6) is 5.75 Å². The summed E-state index contributed by atoms with van der Waals surface area (Å²) in [4.78, 5) is 0. The topological polar surface area (TPSA) is 41.5 Å². The van der Waals surface area contributed by atoms with E-state index in [9.17, 15) is 8.78 Å². The Bertz CT molecular complexity index is 397. The first-order valence-corrected chi connectivity index (χ1v) is 6.14. The molecule has 3 nitrogen and oxygen atoms in total. The van der Waals surface area contributed by atoms with Gasteiger partial charge in [-0.3, -0.25) is 0 Å². The van der Waals surface area contributed by atoms with Gasteiger partial charge < -0.3 is 15.2 Å². The van der Waals surface area contributed by atoms with E-state index in [0.717, 1.165) is 25.0 Å². The smallest absolute Gasteiger partial charge is 0.167 e. The molecule has 0 saturated heterocycles. The van der Waals surface area contributed by atoms with E-state index in [0.29, 0.717) is 12.5 Å². The average molecular weight is 257 g/mol. The Morgan fingerprint density at radius 2 is 2.17 bits per heavy atom. The molecule has 1 aromatic carbocycles. The fourth-order valence-electron chi connectivity index (χ4n) is 1.71. The monoisotopic (exact) mass is 257 g/mol.